The Morgan fingerprint density at radius 2 is 1.38 bits per heavy atom. The van der Waals surface area contributed by atoms with Crippen molar-refractivity contribution in [3.63, 3.8) is 0 Å². The van der Waals surface area contributed by atoms with E-state index in [9.17, 15) is 24.0 Å². The number of ketones is 1. The van der Waals surface area contributed by atoms with E-state index in [0.717, 1.165) is 0 Å². The summed E-state index contributed by atoms with van der Waals surface area (Å²) in [6.45, 7) is 10.3. The highest BCUT2D eigenvalue weighted by Crippen LogP contribution is 2.20. The molecule has 3 atom stereocenters. The van der Waals surface area contributed by atoms with Crippen molar-refractivity contribution in [1.82, 2.24) is 21.3 Å². The van der Waals surface area contributed by atoms with Gasteiger partial charge in [-0.05, 0) is 42.0 Å². The highest BCUT2D eigenvalue weighted by Gasteiger charge is 2.35. The number of halogens is 1. The number of hydrogen-bond acceptors (Lipinski definition) is 5. The molecule has 2 rings (SSSR count). The van der Waals surface area contributed by atoms with Crippen molar-refractivity contribution in [1.29, 1.82) is 0 Å². The number of carbonyl (C=O) groups excluding carboxylic acids is 5. The van der Waals surface area contributed by atoms with Crippen LogP contribution in [0.15, 0.2) is 54.6 Å². The predicted octanol–water partition coefficient (Wildman–Crippen LogP) is 3.02. The fourth-order valence-electron chi connectivity index (χ4n) is 3.70. The number of Topliss-reactive ketones (excluding diaryl/α,β-unsaturated/α-hetero) is 1. The zero-order valence-electron chi connectivity index (χ0n) is 23.1. The molecule has 0 aliphatic carbocycles. The summed E-state index contributed by atoms with van der Waals surface area (Å²) in [4.78, 5) is 64.2. The number of carbonyl (C=O) groups is 5. The Balaban J connectivity index is 2.03. The smallest absolute Gasteiger partial charge is 0.289 e. The molecule has 0 spiro atoms. The second-order valence-electron chi connectivity index (χ2n) is 10.7. The summed E-state index contributed by atoms with van der Waals surface area (Å²) in [5.74, 6) is -3.69. The minimum absolute atomic E-state index is 0.0539. The Kier molecular flexibility index (Phi) is 11.2. The summed E-state index contributed by atoms with van der Waals surface area (Å²) in [5.41, 5.74) is 0.381. The number of hydrogen-bond donors (Lipinski definition) is 4. The first kappa shape index (κ1) is 31.5. The van der Waals surface area contributed by atoms with Crippen LogP contribution in [0, 0.1) is 11.3 Å². The summed E-state index contributed by atoms with van der Waals surface area (Å²) < 4.78 is 0. The largest absolute Gasteiger partial charge is 0.345 e. The third-order valence-electron chi connectivity index (χ3n) is 6.06. The molecule has 0 saturated carbocycles. The maximum atomic E-state index is 13.1. The van der Waals surface area contributed by atoms with Crippen molar-refractivity contribution >= 4 is 41.0 Å². The maximum Gasteiger partial charge on any atom is 0.289 e. The molecule has 2 aromatic rings. The molecule has 0 aliphatic rings. The summed E-state index contributed by atoms with van der Waals surface area (Å²) in [6, 6.07) is 12.3. The monoisotopic (exact) mass is 556 g/mol. The van der Waals surface area contributed by atoms with E-state index >= 15 is 0 Å². The normalized spacial score (nSPS) is 13.5. The summed E-state index contributed by atoms with van der Waals surface area (Å²) in [5, 5.41) is 10.9. The standard InChI is InChI=1S/C29H37ClN4O5/c1-17(2)22(23(35)27(38)31-16-20-14-10-11-15-21(20)30)33-25(36)18(3)32-28(39)24(29(4,5)6)34-26(37)19-12-8-7-9-13-19/h7-15,17-18,22,24H,16H2,1-6H3,(H,31,38)(H,32,39)(H,33,36)(H,34,37)/t18-,22-,24+/m0/s1. The van der Waals surface area contributed by atoms with Crippen molar-refractivity contribution in [3.8, 4) is 0 Å². The molecule has 0 fully saturated rings. The summed E-state index contributed by atoms with van der Waals surface area (Å²) in [6.07, 6.45) is 0. The van der Waals surface area contributed by atoms with Gasteiger partial charge in [-0.2, -0.15) is 0 Å². The van der Waals surface area contributed by atoms with Gasteiger partial charge in [0.2, 0.25) is 17.6 Å². The molecule has 4 N–H and O–H groups in total. The van der Waals surface area contributed by atoms with Crippen LogP contribution in [0.1, 0.15) is 57.5 Å². The first-order valence-electron chi connectivity index (χ1n) is 12.7. The quantitative estimate of drug-likeness (QED) is 0.316. The fraction of sp³-hybridized carbons (Fsp3) is 0.414. The predicted molar refractivity (Wildman–Crippen MR) is 150 cm³/mol. The molecule has 9 nitrogen and oxygen atoms in total. The van der Waals surface area contributed by atoms with Gasteiger partial charge < -0.3 is 21.3 Å². The van der Waals surface area contributed by atoms with E-state index in [2.05, 4.69) is 21.3 Å². The second kappa shape index (κ2) is 13.9. The van der Waals surface area contributed by atoms with E-state index in [0.29, 0.717) is 16.1 Å². The molecule has 210 valence electrons. The number of benzene rings is 2. The van der Waals surface area contributed by atoms with Crippen LogP contribution in [0.5, 0.6) is 0 Å². The molecule has 0 aromatic heterocycles. The third-order valence-corrected chi connectivity index (χ3v) is 6.43. The zero-order chi connectivity index (χ0) is 29.3. The Hall–Kier alpha value is -3.72. The lowest BCUT2D eigenvalue weighted by molar-refractivity contribution is -0.141. The van der Waals surface area contributed by atoms with Crippen molar-refractivity contribution in [2.24, 2.45) is 11.3 Å². The summed E-state index contributed by atoms with van der Waals surface area (Å²) in [7, 11) is 0. The molecule has 39 heavy (non-hydrogen) atoms. The zero-order valence-corrected chi connectivity index (χ0v) is 23.9. The SMILES string of the molecule is CC(C)[C@H](NC(=O)[C@H](C)NC(=O)[C@@H](NC(=O)c1ccccc1)C(C)(C)C)C(=O)C(=O)NCc1ccccc1Cl. The highest BCUT2D eigenvalue weighted by atomic mass is 35.5. The minimum atomic E-state index is -1.11. The molecule has 10 heteroatoms. The lowest BCUT2D eigenvalue weighted by atomic mass is 9.85. The second-order valence-corrected chi connectivity index (χ2v) is 11.1. The molecule has 0 unspecified atom stereocenters. The van der Waals surface area contributed by atoms with Gasteiger partial charge in [0.25, 0.3) is 11.8 Å². The molecule has 0 heterocycles. The Morgan fingerprint density at radius 3 is 1.95 bits per heavy atom. The van der Waals surface area contributed by atoms with Gasteiger partial charge in [0, 0.05) is 17.1 Å². The number of rotatable bonds is 11. The van der Waals surface area contributed by atoms with Crippen LogP contribution >= 0.6 is 11.6 Å². The maximum absolute atomic E-state index is 13.1. The van der Waals surface area contributed by atoms with E-state index in [1.54, 1.807) is 89.2 Å². The van der Waals surface area contributed by atoms with Gasteiger partial charge in [0.05, 0.1) is 6.04 Å². The fourth-order valence-corrected chi connectivity index (χ4v) is 3.90. The lowest BCUT2D eigenvalue weighted by Gasteiger charge is -2.31. The van der Waals surface area contributed by atoms with E-state index in [1.807, 2.05) is 0 Å². The van der Waals surface area contributed by atoms with Gasteiger partial charge in [-0.15, -0.1) is 0 Å². The van der Waals surface area contributed by atoms with Crippen LogP contribution in [0.4, 0.5) is 0 Å². The van der Waals surface area contributed by atoms with Gasteiger partial charge in [-0.1, -0.05) is 82.6 Å². The molecule has 2 aromatic carbocycles. The molecule has 0 aliphatic heterocycles. The van der Waals surface area contributed by atoms with Crippen LogP contribution in [0.3, 0.4) is 0 Å². The van der Waals surface area contributed by atoms with Crippen LogP contribution < -0.4 is 21.3 Å². The minimum Gasteiger partial charge on any atom is -0.345 e. The average Bonchev–Trinajstić information content (AvgIpc) is 2.88. The average molecular weight is 557 g/mol. The van der Waals surface area contributed by atoms with Gasteiger partial charge >= 0.3 is 0 Å². The van der Waals surface area contributed by atoms with Crippen molar-refractivity contribution < 1.29 is 24.0 Å². The van der Waals surface area contributed by atoms with Gasteiger partial charge in [-0.3, -0.25) is 24.0 Å². The molecule has 0 radical (unpaired) electrons. The number of nitrogens with one attached hydrogen (secondary N) is 4. The molecular weight excluding hydrogens is 520 g/mol. The van der Waals surface area contributed by atoms with Crippen LogP contribution in [0.25, 0.3) is 0 Å². The highest BCUT2D eigenvalue weighted by molar-refractivity contribution is 6.38. The Bertz CT molecular complexity index is 1190. The molecule has 0 bridgehead atoms. The molecule has 4 amide bonds. The first-order valence-corrected chi connectivity index (χ1v) is 13.1. The van der Waals surface area contributed by atoms with Gasteiger partial charge in [-0.25, -0.2) is 0 Å². The van der Waals surface area contributed by atoms with E-state index < -0.39 is 58.9 Å². The topological polar surface area (TPSA) is 133 Å². The lowest BCUT2D eigenvalue weighted by Crippen LogP contribution is -2.59. The van der Waals surface area contributed by atoms with Crippen molar-refractivity contribution in [2.75, 3.05) is 0 Å². The Labute approximate surface area is 234 Å². The third kappa shape index (κ3) is 9.21. The van der Waals surface area contributed by atoms with E-state index in [-0.39, 0.29) is 6.54 Å². The van der Waals surface area contributed by atoms with E-state index in [1.165, 1.54) is 6.92 Å². The van der Waals surface area contributed by atoms with Gasteiger partial charge in [0.1, 0.15) is 12.1 Å². The van der Waals surface area contributed by atoms with Crippen LogP contribution in [-0.2, 0) is 25.7 Å². The molecular formula is C29H37ClN4O5. The molecule has 0 saturated heterocycles. The van der Waals surface area contributed by atoms with Gasteiger partial charge in [0.15, 0.2) is 0 Å². The number of amides is 4. The van der Waals surface area contributed by atoms with Crippen molar-refractivity contribution in [2.45, 2.75) is 66.2 Å². The van der Waals surface area contributed by atoms with Crippen LogP contribution in [0.2, 0.25) is 5.02 Å². The Morgan fingerprint density at radius 1 is 0.795 bits per heavy atom. The first-order chi connectivity index (χ1) is 18.2. The van der Waals surface area contributed by atoms with E-state index in [4.69, 9.17) is 11.6 Å². The summed E-state index contributed by atoms with van der Waals surface area (Å²) >= 11 is 6.10. The van der Waals surface area contributed by atoms with Crippen molar-refractivity contribution in [3.05, 3.63) is 70.7 Å². The van der Waals surface area contributed by atoms with Crippen LogP contribution in [-0.4, -0.2) is 47.5 Å².